The number of methoxy groups -OCH3 is 1. The summed E-state index contributed by atoms with van der Waals surface area (Å²) < 4.78 is 27.4. The first-order chi connectivity index (χ1) is 35.4. The highest BCUT2D eigenvalue weighted by atomic mass is 16.6. The molecule has 0 spiro atoms. The van der Waals surface area contributed by atoms with Crippen molar-refractivity contribution in [2.45, 2.75) is 156 Å². The predicted molar refractivity (Wildman–Crippen MR) is 295 cm³/mol. The first-order valence-corrected chi connectivity index (χ1v) is 25.7. The van der Waals surface area contributed by atoms with Gasteiger partial charge in [0, 0.05) is 26.0 Å². The van der Waals surface area contributed by atoms with Crippen molar-refractivity contribution in [1.82, 2.24) is 26.6 Å². The molecule has 0 saturated carbocycles. The second-order valence-electron chi connectivity index (χ2n) is 22.3. The van der Waals surface area contributed by atoms with E-state index in [0.29, 0.717) is 24.2 Å². The summed E-state index contributed by atoms with van der Waals surface area (Å²) in [5, 5.41) is 21.7. The van der Waals surface area contributed by atoms with E-state index in [2.05, 4.69) is 45.6 Å². The molecule has 1 aliphatic carbocycles. The van der Waals surface area contributed by atoms with Crippen molar-refractivity contribution in [3.8, 4) is 22.6 Å². The number of benzene rings is 4. The number of unbranched alkanes of at least 4 members (excludes halogenated alkanes) is 1. The number of amides is 5. The summed E-state index contributed by atoms with van der Waals surface area (Å²) in [5.74, 6) is -2.04. The summed E-state index contributed by atoms with van der Waals surface area (Å²) in [6.45, 7) is 24.3. The van der Waals surface area contributed by atoms with Crippen LogP contribution in [-0.2, 0) is 39.8 Å². The third kappa shape index (κ3) is 24.9. The van der Waals surface area contributed by atoms with Crippen molar-refractivity contribution in [3.05, 3.63) is 119 Å². The molecule has 2 atom stereocenters. The molecule has 4 aromatic carbocycles. The number of aryl methyl sites for hydroxylation is 1. The summed E-state index contributed by atoms with van der Waals surface area (Å²) in [6, 6.07) is 28.7. The molecule has 76 heavy (non-hydrogen) atoms. The molecule has 0 heterocycles. The van der Waals surface area contributed by atoms with Gasteiger partial charge in [-0.2, -0.15) is 0 Å². The Kier molecular flexibility index (Phi) is 24.3. The average molecular weight is 1050 g/mol. The summed E-state index contributed by atoms with van der Waals surface area (Å²) in [5.41, 5.74) is 5.00. The number of carboxylic acids is 1. The number of hydrogen-bond donors (Lipinski definition) is 6. The van der Waals surface area contributed by atoms with Crippen molar-refractivity contribution < 1.29 is 57.6 Å². The largest absolute Gasteiger partial charge is 0.488 e. The lowest BCUT2D eigenvalue weighted by molar-refractivity contribution is -0.138. The summed E-state index contributed by atoms with van der Waals surface area (Å²) >= 11 is 0. The molecule has 17 heteroatoms. The number of carbonyl (C=O) groups is 6. The smallest absolute Gasteiger partial charge is 0.407 e. The average Bonchev–Trinajstić information content (AvgIpc) is 3.64. The Morgan fingerprint density at radius 1 is 0.566 bits per heavy atom. The molecule has 5 amide bonds. The van der Waals surface area contributed by atoms with Crippen LogP contribution in [0.25, 0.3) is 11.1 Å². The van der Waals surface area contributed by atoms with Gasteiger partial charge < -0.3 is 55.4 Å². The number of nitrogens with one attached hydrogen (secondary N) is 5. The molecule has 4 aromatic rings. The molecule has 0 saturated heterocycles. The second kappa shape index (κ2) is 29.2. The third-order valence-electron chi connectivity index (χ3n) is 10.9. The number of carboxylic acid groups (broad SMARTS) is 1. The van der Waals surface area contributed by atoms with Gasteiger partial charge in [-0.3, -0.25) is 19.2 Å². The minimum Gasteiger partial charge on any atom is -0.488 e. The molecule has 0 radical (unpaired) electrons. The van der Waals surface area contributed by atoms with Crippen molar-refractivity contribution in [2.75, 3.05) is 33.4 Å². The molecule has 0 aliphatic heterocycles. The van der Waals surface area contributed by atoms with E-state index < -0.39 is 72.3 Å². The molecule has 416 valence electrons. The van der Waals surface area contributed by atoms with Crippen LogP contribution in [0.4, 0.5) is 9.59 Å². The van der Waals surface area contributed by atoms with Crippen LogP contribution in [0.5, 0.6) is 11.5 Å². The zero-order valence-corrected chi connectivity index (χ0v) is 47.1. The quantitative estimate of drug-likeness (QED) is 0.0483. The highest BCUT2D eigenvalue weighted by molar-refractivity contribution is 5.93. The van der Waals surface area contributed by atoms with Gasteiger partial charge in [-0.1, -0.05) is 78.4 Å². The molecular formula is C59H83N5O12. The Bertz CT molecular complexity index is 2460. The Hall–Kier alpha value is -7.14. The number of aliphatic carboxylic acids is 1. The van der Waals surface area contributed by atoms with E-state index in [-0.39, 0.29) is 43.1 Å². The Balaban J connectivity index is 0.000000711. The van der Waals surface area contributed by atoms with Crippen molar-refractivity contribution in [3.63, 3.8) is 0 Å². The fraction of sp³-hybridized carbons (Fsp3) is 0.492. The van der Waals surface area contributed by atoms with Crippen LogP contribution in [0.15, 0.2) is 97.1 Å². The van der Waals surface area contributed by atoms with Gasteiger partial charge in [0.1, 0.15) is 53.5 Å². The van der Waals surface area contributed by atoms with Crippen molar-refractivity contribution in [2.24, 2.45) is 0 Å². The van der Waals surface area contributed by atoms with Gasteiger partial charge in [0.05, 0.1) is 12.1 Å². The standard InChI is InChI=1S/C43H55N5O10.C11H16O.C5H12O/c1-42(2,3)57-28-20-18-27(19-21-28)23-35(48-41(55)56-26-33-31-15-9-7-13-29(31)30-14-8-10-16-32(30)33)39(53)45-24-36(49)47-34(38(52)46-25-37(50)51)17-11-12-22-44-40(54)58-43(4,5)6;1-9-5-7-10(8-6-9)12-11(2,3)4;1-5(2,3)6-4/h7-10,13-16,18-21,33-35H,11-12,17,22-26H2,1-6H3,(H,44,54)(H,45,53)(H,46,52)(H,47,49)(H,48,55)(H,50,51);5-8H,1-4H3;1-4H3. The SMILES string of the molecule is CC(C)(C)OC(=O)NCCCCC(NC(=O)CNC(=O)C(Cc1ccc(OC(C)(C)C)cc1)NC(=O)OCC1c2ccccc2-c2ccccc21)C(=O)NCC(=O)O.COC(C)(C)C.Cc1ccc(OC(C)(C)C)cc1. The van der Waals surface area contributed by atoms with E-state index >= 15 is 0 Å². The van der Waals surface area contributed by atoms with Gasteiger partial charge in [0.25, 0.3) is 0 Å². The highest BCUT2D eigenvalue weighted by Crippen LogP contribution is 2.44. The fourth-order valence-electron chi connectivity index (χ4n) is 7.30. The van der Waals surface area contributed by atoms with E-state index in [4.69, 9.17) is 28.8 Å². The van der Waals surface area contributed by atoms with Gasteiger partial charge in [-0.15, -0.1) is 0 Å². The molecule has 0 bridgehead atoms. The molecule has 0 aromatic heterocycles. The minimum absolute atomic E-state index is 0.0256. The molecule has 2 unspecified atom stereocenters. The molecule has 1 aliphatic rings. The molecule has 5 rings (SSSR count). The molecular weight excluding hydrogens is 971 g/mol. The van der Waals surface area contributed by atoms with E-state index in [1.807, 2.05) is 123 Å². The third-order valence-corrected chi connectivity index (χ3v) is 10.9. The van der Waals surface area contributed by atoms with E-state index in [0.717, 1.165) is 28.0 Å². The zero-order valence-electron chi connectivity index (χ0n) is 47.1. The normalized spacial score (nSPS) is 12.8. The van der Waals surface area contributed by atoms with E-state index in [1.54, 1.807) is 52.1 Å². The lowest BCUT2D eigenvalue weighted by Gasteiger charge is -2.22. The van der Waals surface area contributed by atoms with E-state index in [9.17, 15) is 28.8 Å². The highest BCUT2D eigenvalue weighted by Gasteiger charge is 2.31. The Morgan fingerprint density at radius 2 is 1.05 bits per heavy atom. The van der Waals surface area contributed by atoms with Crippen LogP contribution >= 0.6 is 0 Å². The summed E-state index contributed by atoms with van der Waals surface area (Å²) in [4.78, 5) is 75.9. The van der Waals surface area contributed by atoms with Crippen molar-refractivity contribution >= 4 is 35.9 Å². The first kappa shape index (κ1) is 63.2. The van der Waals surface area contributed by atoms with Gasteiger partial charge in [0.15, 0.2) is 0 Å². The van der Waals surface area contributed by atoms with Gasteiger partial charge in [-0.05, 0) is 161 Å². The molecule has 0 fully saturated rings. The van der Waals surface area contributed by atoms with Crippen LogP contribution in [0.3, 0.4) is 0 Å². The first-order valence-electron chi connectivity index (χ1n) is 25.7. The lowest BCUT2D eigenvalue weighted by atomic mass is 9.98. The number of alkyl carbamates (subject to hydrolysis) is 2. The molecule has 17 nitrogen and oxygen atoms in total. The van der Waals surface area contributed by atoms with Gasteiger partial charge in [-0.25, -0.2) is 9.59 Å². The number of rotatable bonds is 19. The van der Waals surface area contributed by atoms with Crippen molar-refractivity contribution in [1.29, 1.82) is 0 Å². The predicted octanol–water partition coefficient (Wildman–Crippen LogP) is 9.41. The summed E-state index contributed by atoms with van der Waals surface area (Å²) in [7, 11) is 1.71. The maximum Gasteiger partial charge on any atom is 0.407 e. The van der Waals surface area contributed by atoms with E-state index in [1.165, 1.54) is 5.56 Å². The van der Waals surface area contributed by atoms with Crippen LogP contribution < -0.4 is 36.1 Å². The summed E-state index contributed by atoms with van der Waals surface area (Å²) in [6.07, 6.45) is -0.450. The fourth-order valence-corrected chi connectivity index (χ4v) is 7.30. The molecule has 6 N–H and O–H groups in total. The minimum atomic E-state index is -1.27. The number of fused-ring (bicyclic) bond motifs is 3. The Morgan fingerprint density at radius 3 is 1.54 bits per heavy atom. The van der Waals surface area contributed by atoms with Crippen LogP contribution in [0, 0.1) is 6.92 Å². The maximum atomic E-state index is 13.6. The lowest BCUT2D eigenvalue weighted by Crippen LogP contribution is -2.53. The van der Waals surface area contributed by atoms with Crippen LogP contribution in [0.2, 0.25) is 0 Å². The zero-order chi connectivity index (χ0) is 56.9. The maximum absolute atomic E-state index is 13.6. The van der Waals surface area contributed by atoms with Crippen LogP contribution in [-0.4, -0.2) is 109 Å². The topological polar surface area (TPSA) is 229 Å². The van der Waals surface area contributed by atoms with Gasteiger partial charge >= 0.3 is 18.2 Å². The number of hydrogen-bond acceptors (Lipinski definition) is 11. The number of ether oxygens (including phenoxy) is 5. The monoisotopic (exact) mass is 1050 g/mol. The number of carbonyl (C=O) groups excluding carboxylic acids is 5. The van der Waals surface area contributed by atoms with Gasteiger partial charge in [0.2, 0.25) is 17.7 Å². The van der Waals surface area contributed by atoms with Crippen LogP contribution in [0.1, 0.15) is 131 Å². The second-order valence-corrected chi connectivity index (χ2v) is 22.3. The Labute approximate surface area is 449 Å².